The molecule has 2 rings (SSSR count). The van der Waals surface area contributed by atoms with E-state index < -0.39 is 0 Å². The Morgan fingerprint density at radius 2 is 1.80 bits per heavy atom. The molecule has 1 nitrogen and oxygen atoms in total. The number of halogens is 2. The van der Waals surface area contributed by atoms with Crippen LogP contribution >= 0.6 is 11.6 Å². The molecular formula is C17H19ClFN. The summed E-state index contributed by atoms with van der Waals surface area (Å²) in [7, 11) is 0. The normalized spacial score (nSPS) is 12.4. The first-order chi connectivity index (χ1) is 9.58. The summed E-state index contributed by atoms with van der Waals surface area (Å²) in [6.45, 7) is 5.21. The van der Waals surface area contributed by atoms with E-state index in [-0.39, 0.29) is 10.8 Å². The maximum Gasteiger partial charge on any atom is 0.141 e. The molecule has 3 heteroatoms. The number of anilines is 1. The monoisotopic (exact) mass is 291 g/mol. The van der Waals surface area contributed by atoms with Gasteiger partial charge in [0.15, 0.2) is 0 Å². The summed E-state index contributed by atoms with van der Waals surface area (Å²) >= 11 is 5.79. The van der Waals surface area contributed by atoms with Gasteiger partial charge in [0.25, 0.3) is 0 Å². The van der Waals surface area contributed by atoms with Crippen molar-refractivity contribution in [1.82, 2.24) is 0 Å². The van der Waals surface area contributed by atoms with E-state index in [4.69, 9.17) is 11.6 Å². The van der Waals surface area contributed by atoms with Crippen molar-refractivity contribution in [2.24, 2.45) is 5.92 Å². The van der Waals surface area contributed by atoms with Crippen LogP contribution in [0.4, 0.5) is 10.1 Å². The lowest BCUT2D eigenvalue weighted by atomic mass is 9.88. The van der Waals surface area contributed by atoms with Crippen molar-refractivity contribution >= 4 is 17.3 Å². The van der Waals surface area contributed by atoms with Crippen LogP contribution in [0.15, 0.2) is 48.5 Å². The first kappa shape index (κ1) is 14.9. The summed E-state index contributed by atoms with van der Waals surface area (Å²) in [6, 6.07) is 15.1. The molecule has 2 aromatic rings. The Kier molecular flexibility index (Phi) is 5.02. The molecule has 0 saturated heterocycles. The second kappa shape index (κ2) is 6.76. The van der Waals surface area contributed by atoms with E-state index in [0.717, 1.165) is 12.2 Å². The lowest BCUT2D eigenvalue weighted by Gasteiger charge is -2.22. The molecular weight excluding hydrogens is 273 g/mol. The maximum absolute atomic E-state index is 13.1. The Morgan fingerprint density at radius 1 is 1.10 bits per heavy atom. The third-order valence-electron chi connectivity index (χ3n) is 3.48. The molecule has 1 N–H and O–H groups in total. The zero-order chi connectivity index (χ0) is 14.5. The Bertz CT molecular complexity index is 554. The molecule has 0 aliphatic carbocycles. The van der Waals surface area contributed by atoms with E-state index in [9.17, 15) is 4.39 Å². The molecule has 0 saturated carbocycles. The minimum absolute atomic E-state index is 0.149. The van der Waals surface area contributed by atoms with Crippen LogP contribution < -0.4 is 5.32 Å². The summed E-state index contributed by atoms with van der Waals surface area (Å²) in [6.07, 6.45) is 0. The third kappa shape index (κ3) is 3.73. The minimum Gasteiger partial charge on any atom is -0.384 e. The smallest absolute Gasteiger partial charge is 0.141 e. The van der Waals surface area contributed by atoms with Crippen molar-refractivity contribution in [3.63, 3.8) is 0 Å². The van der Waals surface area contributed by atoms with Gasteiger partial charge in [-0.15, -0.1) is 0 Å². The molecule has 0 spiro atoms. The first-order valence-corrected chi connectivity index (χ1v) is 7.19. The fourth-order valence-electron chi connectivity index (χ4n) is 2.27. The third-order valence-corrected chi connectivity index (χ3v) is 3.77. The molecule has 0 aromatic heterocycles. The molecule has 20 heavy (non-hydrogen) atoms. The summed E-state index contributed by atoms with van der Waals surface area (Å²) < 4.78 is 13.1. The first-order valence-electron chi connectivity index (χ1n) is 6.82. The van der Waals surface area contributed by atoms with Crippen molar-refractivity contribution in [3.8, 4) is 0 Å². The van der Waals surface area contributed by atoms with Crippen molar-refractivity contribution in [2.45, 2.75) is 19.8 Å². The number of rotatable bonds is 5. The number of benzene rings is 2. The van der Waals surface area contributed by atoms with Crippen LogP contribution in [0.25, 0.3) is 0 Å². The fourth-order valence-corrected chi connectivity index (χ4v) is 2.45. The number of nitrogens with one attached hydrogen (secondary N) is 1. The number of hydrogen-bond acceptors (Lipinski definition) is 1. The maximum atomic E-state index is 13.1. The largest absolute Gasteiger partial charge is 0.384 e. The molecule has 0 aliphatic rings. The van der Waals surface area contributed by atoms with Crippen LogP contribution in [0.5, 0.6) is 0 Å². The van der Waals surface area contributed by atoms with Gasteiger partial charge in [-0.3, -0.25) is 0 Å². The second-order valence-corrected chi connectivity index (χ2v) is 5.68. The summed E-state index contributed by atoms with van der Waals surface area (Å²) in [4.78, 5) is 0. The van der Waals surface area contributed by atoms with Crippen LogP contribution in [0, 0.1) is 11.7 Å². The van der Waals surface area contributed by atoms with Gasteiger partial charge in [-0.25, -0.2) is 4.39 Å². The fraction of sp³-hybridized carbons (Fsp3) is 0.294. The number of hydrogen-bond donors (Lipinski definition) is 1. The van der Waals surface area contributed by atoms with E-state index in [0.29, 0.717) is 11.8 Å². The lowest BCUT2D eigenvalue weighted by Crippen LogP contribution is -2.17. The summed E-state index contributed by atoms with van der Waals surface area (Å²) in [5.74, 6) is 0.529. The van der Waals surface area contributed by atoms with Crippen LogP contribution in [-0.2, 0) is 0 Å². The highest BCUT2D eigenvalue weighted by molar-refractivity contribution is 6.31. The van der Waals surface area contributed by atoms with Crippen molar-refractivity contribution in [2.75, 3.05) is 11.9 Å². The van der Waals surface area contributed by atoms with Gasteiger partial charge in [0.1, 0.15) is 5.82 Å². The van der Waals surface area contributed by atoms with E-state index in [1.165, 1.54) is 11.6 Å². The van der Waals surface area contributed by atoms with Crippen LogP contribution in [0.1, 0.15) is 25.3 Å². The Labute approximate surface area is 124 Å². The van der Waals surface area contributed by atoms with Crippen LogP contribution in [0.2, 0.25) is 5.02 Å². The highest BCUT2D eigenvalue weighted by Crippen LogP contribution is 2.26. The average molecular weight is 292 g/mol. The lowest BCUT2D eigenvalue weighted by molar-refractivity contribution is 0.517. The predicted octanol–water partition coefficient (Wildman–Crippen LogP) is 5.33. The molecule has 106 valence electrons. The molecule has 0 fully saturated rings. The van der Waals surface area contributed by atoms with Crippen molar-refractivity contribution in [1.29, 1.82) is 0 Å². The topological polar surface area (TPSA) is 12.0 Å². The Morgan fingerprint density at radius 3 is 2.40 bits per heavy atom. The SMILES string of the molecule is CC(C)C(CNc1ccc(F)c(Cl)c1)c1ccccc1. The zero-order valence-electron chi connectivity index (χ0n) is 11.7. The quantitative estimate of drug-likeness (QED) is 0.785. The van der Waals surface area contributed by atoms with Crippen LogP contribution in [0.3, 0.4) is 0 Å². The van der Waals surface area contributed by atoms with Gasteiger partial charge in [0.05, 0.1) is 5.02 Å². The molecule has 1 unspecified atom stereocenters. The summed E-state index contributed by atoms with van der Waals surface area (Å²) in [5.41, 5.74) is 2.15. The Balaban J connectivity index is 2.08. The van der Waals surface area contributed by atoms with E-state index >= 15 is 0 Å². The predicted molar refractivity (Wildman–Crippen MR) is 83.9 cm³/mol. The molecule has 2 aromatic carbocycles. The van der Waals surface area contributed by atoms with Gasteiger partial charge in [-0.05, 0) is 29.7 Å². The van der Waals surface area contributed by atoms with Gasteiger partial charge in [0.2, 0.25) is 0 Å². The molecule has 0 radical (unpaired) electrons. The van der Waals surface area contributed by atoms with Crippen molar-refractivity contribution in [3.05, 3.63) is 64.9 Å². The van der Waals surface area contributed by atoms with Gasteiger partial charge < -0.3 is 5.32 Å². The molecule has 0 amide bonds. The van der Waals surface area contributed by atoms with E-state index in [2.05, 4.69) is 43.4 Å². The van der Waals surface area contributed by atoms with E-state index in [1.807, 2.05) is 6.07 Å². The molecule has 0 aliphatic heterocycles. The molecule has 1 atom stereocenters. The minimum atomic E-state index is -0.388. The second-order valence-electron chi connectivity index (χ2n) is 5.27. The summed E-state index contributed by atoms with van der Waals surface area (Å²) in [5, 5.41) is 3.49. The standard InChI is InChI=1S/C17H19ClFN/c1-12(2)15(13-6-4-3-5-7-13)11-20-14-8-9-17(19)16(18)10-14/h3-10,12,15,20H,11H2,1-2H3. The van der Waals surface area contributed by atoms with E-state index in [1.54, 1.807) is 12.1 Å². The average Bonchev–Trinajstić information content (AvgIpc) is 2.44. The highest BCUT2D eigenvalue weighted by Gasteiger charge is 2.15. The Hall–Kier alpha value is -1.54. The van der Waals surface area contributed by atoms with Crippen LogP contribution in [-0.4, -0.2) is 6.54 Å². The van der Waals surface area contributed by atoms with Gasteiger partial charge in [-0.2, -0.15) is 0 Å². The van der Waals surface area contributed by atoms with Gasteiger partial charge in [0, 0.05) is 18.2 Å². The van der Waals surface area contributed by atoms with Crippen molar-refractivity contribution < 1.29 is 4.39 Å². The highest BCUT2D eigenvalue weighted by atomic mass is 35.5. The molecule has 0 heterocycles. The van der Waals surface area contributed by atoms with Gasteiger partial charge in [-0.1, -0.05) is 55.8 Å². The molecule has 0 bridgehead atoms. The van der Waals surface area contributed by atoms with Gasteiger partial charge >= 0.3 is 0 Å². The zero-order valence-corrected chi connectivity index (χ0v) is 12.5.